The van der Waals surface area contributed by atoms with E-state index in [4.69, 9.17) is 16.3 Å². The number of rotatable bonds is 2. The van der Waals surface area contributed by atoms with Crippen molar-refractivity contribution in [1.29, 1.82) is 0 Å². The van der Waals surface area contributed by atoms with E-state index in [0.29, 0.717) is 5.88 Å². The largest absolute Gasteiger partial charge is 0.370 e. The number of aromatic nitrogens is 3. The second kappa shape index (κ2) is 4.03. The number of nitrogens with zero attached hydrogens (tertiary/aromatic N) is 3. The molecule has 1 atom stereocenters. The molecule has 1 saturated heterocycles. The second-order valence-electron chi connectivity index (χ2n) is 3.96. The van der Waals surface area contributed by atoms with Crippen molar-refractivity contribution in [2.24, 2.45) is 0 Å². The summed E-state index contributed by atoms with van der Waals surface area (Å²) in [6.45, 7) is 0.814. The molecule has 0 bridgehead atoms. The summed E-state index contributed by atoms with van der Waals surface area (Å²) in [7, 11) is 0. The SMILES string of the molecule is ClCc1ccc2nnc([C@@H]3CCCO3)n2c1. The third kappa shape index (κ3) is 1.58. The molecule has 3 heterocycles. The lowest BCUT2D eigenvalue weighted by Crippen LogP contribution is -2.02. The van der Waals surface area contributed by atoms with E-state index in [0.717, 1.165) is 36.5 Å². The molecule has 0 radical (unpaired) electrons. The first-order valence-corrected chi connectivity index (χ1v) is 5.93. The Morgan fingerprint density at radius 2 is 2.38 bits per heavy atom. The Labute approximate surface area is 98.2 Å². The van der Waals surface area contributed by atoms with E-state index in [1.807, 2.05) is 22.7 Å². The van der Waals surface area contributed by atoms with Crippen LogP contribution in [0.5, 0.6) is 0 Å². The third-order valence-electron chi connectivity index (χ3n) is 2.86. The molecular formula is C11H12ClN3O. The number of fused-ring (bicyclic) bond motifs is 1. The summed E-state index contributed by atoms with van der Waals surface area (Å²) in [6.07, 6.45) is 4.18. The summed E-state index contributed by atoms with van der Waals surface area (Å²) in [5, 5.41) is 8.33. The molecule has 0 aromatic carbocycles. The van der Waals surface area contributed by atoms with Gasteiger partial charge in [0.2, 0.25) is 0 Å². The zero-order chi connectivity index (χ0) is 11.0. The van der Waals surface area contributed by atoms with Crippen LogP contribution >= 0.6 is 11.6 Å². The molecular weight excluding hydrogens is 226 g/mol. The summed E-state index contributed by atoms with van der Waals surface area (Å²) in [5.41, 5.74) is 1.91. The van der Waals surface area contributed by atoms with Gasteiger partial charge in [-0.3, -0.25) is 4.40 Å². The van der Waals surface area contributed by atoms with Crippen molar-refractivity contribution in [3.05, 3.63) is 29.7 Å². The topological polar surface area (TPSA) is 39.4 Å². The van der Waals surface area contributed by atoms with Crippen molar-refractivity contribution in [1.82, 2.24) is 14.6 Å². The number of ether oxygens (including phenoxy) is 1. The minimum atomic E-state index is 0.0839. The first-order valence-electron chi connectivity index (χ1n) is 5.39. The van der Waals surface area contributed by atoms with Gasteiger partial charge in [0.05, 0.1) is 0 Å². The molecule has 0 spiro atoms. The third-order valence-corrected chi connectivity index (χ3v) is 3.17. The van der Waals surface area contributed by atoms with Crippen LogP contribution in [0.1, 0.15) is 30.3 Å². The molecule has 2 aromatic rings. The van der Waals surface area contributed by atoms with E-state index in [-0.39, 0.29) is 6.10 Å². The van der Waals surface area contributed by atoms with Crippen molar-refractivity contribution in [2.75, 3.05) is 6.61 Å². The van der Waals surface area contributed by atoms with Gasteiger partial charge in [-0.15, -0.1) is 21.8 Å². The Kier molecular flexibility index (Phi) is 2.53. The molecule has 1 aliphatic rings. The second-order valence-corrected chi connectivity index (χ2v) is 4.23. The summed E-state index contributed by atoms with van der Waals surface area (Å²) >= 11 is 5.82. The molecule has 5 heteroatoms. The van der Waals surface area contributed by atoms with E-state index in [9.17, 15) is 0 Å². The van der Waals surface area contributed by atoms with Crippen LogP contribution in [0, 0.1) is 0 Å². The van der Waals surface area contributed by atoms with Gasteiger partial charge < -0.3 is 4.74 Å². The van der Waals surface area contributed by atoms with Gasteiger partial charge in [0.25, 0.3) is 0 Å². The minimum Gasteiger partial charge on any atom is -0.370 e. The van der Waals surface area contributed by atoms with Gasteiger partial charge in [-0.05, 0) is 24.5 Å². The normalized spacial score (nSPS) is 20.7. The molecule has 2 aromatic heterocycles. The summed E-state index contributed by atoms with van der Waals surface area (Å²) in [6, 6.07) is 3.90. The zero-order valence-corrected chi connectivity index (χ0v) is 9.52. The molecule has 0 unspecified atom stereocenters. The summed E-state index contributed by atoms with van der Waals surface area (Å²) < 4.78 is 7.60. The number of halogens is 1. The van der Waals surface area contributed by atoms with Gasteiger partial charge in [0.15, 0.2) is 11.5 Å². The first kappa shape index (κ1) is 10.1. The molecule has 0 aliphatic carbocycles. The van der Waals surface area contributed by atoms with Gasteiger partial charge in [-0.1, -0.05) is 6.07 Å². The Balaban J connectivity index is 2.09. The fourth-order valence-electron chi connectivity index (χ4n) is 2.03. The highest BCUT2D eigenvalue weighted by Crippen LogP contribution is 2.27. The molecule has 1 fully saturated rings. The van der Waals surface area contributed by atoms with Gasteiger partial charge in [0.1, 0.15) is 6.10 Å². The Hall–Kier alpha value is -1.13. The van der Waals surface area contributed by atoms with E-state index in [1.54, 1.807) is 0 Å². The van der Waals surface area contributed by atoms with Crippen LogP contribution in [0.15, 0.2) is 18.3 Å². The monoisotopic (exact) mass is 237 g/mol. The van der Waals surface area contributed by atoms with Gasteiger partial charge in [-0.25, -0.2) is 0 Å². The highest BCUT2D eigenvalue weighted by molar-refractivity contribution is 6.17. The number of hydrogen-bond acceptors (Lipinski definition) is 3. The highest BCUT2D eigenvalue weighted by Gasteiger charge is 2.22. The van der Waals surface area contributed by atoms with Crippen LogP contribution < -0.4 is 0 Å². The molecule has 0 N–H and O–H groups in total. The maximum absolute atomic E-state index is 5.82. The maximum Gasteiger partial charge on any atom is 0.166 e. The van der Waals surface area contributed by atoms with Crippen molar-refractivity contribution in [3.8, 4) is 0 Å². The predicted octanol–water partition coefficient (Wildman–Crippen LogP) is 2.32. The number of hydrogen-bond donors (Lipinski definition) is 0. The van der Waals surface area contributed by atoms with E-state index in [1.165, 1.54) is 0 Å². The van der Waals surface area contributed by atoms with Crippen molar-refractivity contribution < 1.29 is 4.74 Å². The van der Waals surface area contributed by atoms with Gasteiger partial charge >= 0.3 is 0 Å². The van der Waals surface area contributed by atoms with Crippen LogP contribution in [0.25, 0.3) is 5.65 Å². The molecule has 3 rings (SSSR count). The molecule has 16 heavy (non-hydrogen) atoms. The van der Waals surface area contributed by atoms with Crippen LogP contribution in [0.3, 0.4) is 0 Å². The average molecular weight is 238 g/mol. The van der Waals surface area contributed by atoms with Crippen LogP contribution in [0.4, 0.5) is 0 Å². The first-order chi connectivity index (χ1) is 7.88. The van der Waals surface area contributed by atoms with Gasteiger partial charge in [0, 0.05) is 18.7 Å². The quantitative estimate of drug-likeness (QED) is 0.753. The fourth-order valence-corrected chi connectivity index (χ4v) is 2.19. The summed E-state index contributed by atoms with van der Waals surface area (Å²) in [4.78, 5) is 0. The Bertz CT molecular complexity index is 505. The van der Waals surface area contributed by atoms with Crippen molar-refractivity contribution >= 4 is 17.2 Å². The Morgan fingerprint density at radius 3 is 3.12 bits per heavy atom. The van der Waals surface area contributed by atoms with Crippen molar-refractivity contribution in [3.63, 3.8) is 0 Å². The van der Waals surface area contributed by atoms with Crippen LogP contribution in [0.2, 0.25) is 0 Å². The molecule has 4 nitrogen and oxygen atoms in total. The fraction of sp³-hybridized carbons (Fsp3) is 0.455. The molecule has 0 saturated carbocycles. The molecule has 0 amide bonds. The lowest BCUT2D eigenvalue weighted by molar-refractivity contribution is 0.104. The smallest absolute Gasteiger partial charge is 0.166 e. The standard InChI is InChI=1S/C11H12ClN3O/c12-6-8-3-4-10-13-14-11(15(10)7-8)9-2-1-5-16-9/h3-4,7,9H,1-2,5-6H2/t9-/m0/s1. The van der Waals surface area contributed by atoms with Crippen LogP contribution in [-0.4, -0.2) is 21.2 Å². The summed E-state index contributed by atoms with van der Waals surface area (Å²) in [5.74, 6) is 1.39. The van der Waals surface area contributed by atoms with E-state index >= 15 is 0 Å². The number of alkyl halides is 1. The zero-order valence-electron chi connectivity index (χ0n) is 8.77. The maximum atomic E-state index is 5.82. The lowest BCUT2D eigenvalue weighted by Gasteiger charge is -2.07. The lowest BCUT2D eigenvalue weighted by atomic mass is 10.2. The minimum absolute atomic E-state index is 0.0839. The highest BCUT2D eigenvalue weighted by atomic mass is 35.5. The molecule has 1 aliphatic heterocycles. The Morgan fingerprint density at radius 1 is 1.44 bits per heavy atom. The van der Waals surface area contributed by atoms with E-state index < -0.39 is 0 Å². The van der Waals surface area contributed by atoms with Crippen LogP contribution in [-0.2, 0) is 10.6 Å². The predicted molar refractivity (Wildman–Crippen MR) is 60.5 cm³/mol. The van der Waals surface area contributed by atoms with Gasteiger partial charge in [-0.2, -0.15) is 0 Å². The average Bonchev–Trinajstić information content (AvgIpc) is 2.96. The van der Waals surface area contributed by atoms with Crippen molar-refractivity contribution in [2.45, 2.75) is 24.8 Å². The number of pyridine rings is 1. The van der Waals surface area contributed by atoms with E-state index in [2.05, 4.69) is 10.2 Å². The molecule has 84 valence electrons.